The topological polar surface area (TPSA) is 109 Å². The van der Waals surface area contributed by atoms with E-state index < -0.39 is 5.91 Å². The molecule has 1 amide bonds. The lowest BCUT2D eigenvalue weighted by atomic mass is 10.2. The smallest absolute Gasteiger partial charge is 0.275 e. The molecule has 2 rings (SSSR count). The van der Waals surface area contributed by atoms with Crippen molar-refractivity contribution < 1.29 is 15.0 Å². The van der Waals surface area contributed by atoms with Gasteiger partial charge in [0.15, 0.2) is 0 Å². The van der Waals surface area contributed by atoms with Gasteiger partial charge < -0.3 is 15.1 Å². The highest BCUT2D eigenvalue weighted by Gasteiger charge is 2.10. The Hall–Kier alpha value is -3.53. The molecule has 0 fully saturated rings. The Bertz CT molecular complexity index is 810. The van der Waals surface area contributed by atoms with Crippen LogP contribution >= 0.6 is 0 Å². The first-order valence-electron chi connectivity index (χ1n) is 7.55. The summed E-state index contributed by atoms with van der Waals surface area (Å²) < 4.78 is 0. The molecule has 0 heterocycles. The highest BCUT2D eigenvalue weighted by atomic mass is 16.3. The molecule has 3 N–H and O–H groups in total. The highest BCUT2D eigenvalue weighted by molar-refractivity contribution is 5.97. The number of anilines is 1. The molecule has 0 saturated heterocycles. The second kappa shape index (κ2) is 8.36. The molecule has 2 aromatic carbocycles. The van der Waals surface area contributed by atoms with Crippen LogP contribution in [-0.2, 0) is 0 Å². The third-order valence-corrected chi connectivity index (χ3v) is 3.50. The number of nitriles is 1. The van der Waals surface area contributed by atoms with Crippen molar-refractivity contribution in [1.82, 2.24) is 5.43 Å². The molecule has 0 aliphatic heterocycles. The molecule has 25 heavy (non-hydrogen) atoms. The molecule has 0 aromatic heterocycles. The molecule has 128 valence electrons. The minimum atomic E-state index is -0.582. The first-order chi connectivity index (χ1) is 12.0. The molecule has 7 heteroatoms. The van der Waals surface area contributed by atoms with Crippen molar-refractivity contribution in [2.45, 2.75) is 6.42 Å². The van der Waals surface area contributed by atoms with E-state index in [1.165, 1.54) is 18.3 Å². The molecule has 7 nitrogen and oxygen atoms in total. The largest absolute Gasteiger partial charge is 0.508 e. The van der Waals surface area contributed by atoms with Crippen LogP contribution in [0.3, 0.4) is 0 Å². The lowest BCUT2D eigenvalue weighted by Gasteiger charge is -2.17. The number of benzene rings is 2. The molecule has 0 bridgehead atoms. The van der Waals surface area contributed by atoms with Gasteiger partial charge >= 0.3 is 0 Å². The molecule has 0 aliphatic rings. The van der Waals surface area contributed by atoms with E-state index in [0.717, 1.165) is 17.3 Å². The summed E-state index contributed by atoms with van der Waals surface area (Å²) in [6.07, 6.45) is 1.93. The zero-order valence-electron chi connectivity index (χ0n) is 13.7. The number of carbonyl (C=O) groups excluding carboxylic acids is 1. The predicted octanol–water partition coefficient (Wildman–Crippen LogP) is 2.21. The summed E-state index contributed by atoms with van der Waals surface area (Å²) in [4.78, 5) is 13.9. The van der Waals surface area contributed by atoms with Gasteiger partial charge in [-0.15, -0.1) is 0 Å². The van der Waals surface area contributed by atoms with E-state index in [9.17, 15) is 15.0 Å². The summed E-state index contributed by atoms with van der Waals surface area (Å²) in [7, 11) is 1.91. The number of aromatic hydroxyl groups is 2. The normalized spacial score (nSPS) is 10.4. The van der Waals surface area contributed by atoms with Crippen LogP contribution in [0.15, 0.2) is 47.6 Å². The molecule has 0 spiro atoms. The van der Waals surface area contributed by atoms with Gasteiger partial charge in [-0.1, -0.05) is 12.1 Å². The lowest BCUT2D eigenvalue weighted by molar-refractivity contribution is 0.0952. The molecule has 0 aliphatic carbocycles. The Morgan fingerprint density at radius 2 is 2.00 bits per heavy atom. The minimum Gasteiger partial charge on any atom is -0.508 e. The van der Waals surface area contributed by atoms with Gasteiger partial charge in [-0.3, -0.25) is 4.79 Å². The third-order valence-electron chi connectivity index (χ3n) is 3.50. The number of phenolic OH excluding ortho intramolecular Hbond substituents is 2. The maximum absolute atomic E-state index is 11.9. The van der Waals surface area contributed by atoms with E-state index in [2.05, 4.69) is 16.6 Å². The van der Waals surface area contributed by atoms with Crippen LogP contribution in [0, 0.1) is 11.3 Å². The second-order valence-corrected chi connectivity index (χ2v) is 5.32. The highest BCUT2D eigenvalue weighted by Crippen LogP contribution is 2.22. The number of phenols is 2. The Kier molecular flexibility index (Phi) is 5.96. The number of rotatable bonds is 6. The fraction of sp³-hybridized carbons (Fsp3) is 0.167. The lowest BCUT2D eigenvalue weighted by Crippen LogP contribution is -2.18. The van der Waals surface area contributed by atoms with E-state index >= 15 is 0 Å². The van der Waals surface area contributed by atoms with Gasteiger partial charge in [-0.2, -0.15) is 10.4 Å². The SMILES string of the molecule is CN(CCC#N)c1ccc(C=NNC(=O)c2ccc(O)cc2O)cc1. The standard InChI is InChI=1S/C18H18N4O3/c1-22(10-2-9-19)14-5-3-13(4-6-14)12-20-21-18(25)16-8-7-15(23)11-17(16)24/h3-8,11-12,23-24H,2,10H2,1H3,(H,21,25). The summed E-state index contributed by atoms with van der Waals surface area (Å²) >= 11 is 0. The van der Waals surface area contributed by atoms with Crippen LogP contribution in [-0.4, -0.2) is 35.9 Å². The summed E-state index contributed by atoms with van der Waals surface area (Å²) in [6.45, 7) is 0.649. The molecule has 0 saturated carbocycles. The van der Waals surface area contributed by atoms with E-state index in [4.69, 9.17) is 5.26 Å². The molecule has 0 unspecified atom stereocenters. The first-order valence-corrected chi connectivity index (χ1v) is 7.55. The van der Waals surface area contributed by atoms with Gasteiger partial charge in [0.25, 0.3) is 5.91 Å². The zero-order chi connectivity index (χ0) is 18.2. The summed E-state index contributed by atoms with van der Waals surface area (Å²) in [6, 6.07) is 13.3. The number of nitrogens with zero attached hydrogens (tertiary/aromatic N) is 3. The third kappa shape index (κ3) is 4.97. The van der Waals surface area contributed by atoms with Crippen molar-refractivity contribution in [3.8, 4) is 17.6 Å². The van der Waals surface area contributed by atoms with Gasteiger partial charge in [0.2, 0.25) is 0 Å². The van der Waals surface area contributed by atoms with Gasteiger partial charge in [-0.05, 0) is 29.8 Å². The number of amides is 1. The van der Waals surface area contributed by atoms with Crippen molar-refractivity contribution in [2.75, 3.05) is 18.5 Å². The zero-order valence-corrected chi connectivity index (χ0v) is 13.7. The van der Waals surface area contributed by atoms with Crippen LogP contribution in [0.25, 0.3) is 0 Å². The average Bonchev–Trinajstić information content (AvgIpc) is 2.60. The molecule has 2 aromatic rings. The van der Waals surface area contributed by atoms with Gasteiger partial charge in [0, 0.05) is 25.3 Å². The van der Waals surface area contributed by atoms with Crippen molar-refractivity contribution in [2.24, 2.45) is 5.10 Å². The van der Waals surface area contributed by atoms with Crippen LogP contribution in [0.4, 0.5) is 5.69 Å². The molecular formula is C18H18N4O3. The quantitative estimate of drug-likeness (QED) is 0.553. The number of carbonyl (C=O) groups is 1. The van der Waals surface area contributed by atoms with Gasteiger partial charge in [0.1, 0.15) is 11.5 Å². The van der Waals surface area contributed by atoms with E-state index in [-0.39, 0.29) is 17.1 Å². The second-order valence-electron chi connectivity index (χ2n) is 5.32. The maximum Gasteiger partial charge on any atom is 0.275 e. The van der Waals surface area contributed by atoms with Crippen LogP contribution in [0.2, 0.25) is 0 Å². The molecule has 0 radical (unpaired) electrons. The number of nitrogens with one attached hydrogen (secondary N) is 1. The Labute approximate surface area is 145 Å². The Morgan fingerprint density at radius 1 is 1.28 bits per heavy atom. The molecular weight excluding hydrogens is 320 g/mol. The Balaban J connectivity index is 1.95. The van der Waals surface area contributed by atoms with Crippen molar-refractivity contribution in [1.29, 1.82) is 5.26 Å². The number of hydrazone groups is 1. The number of hydrogen-bond donors (Lipinski definition) is 3. The van der Waals surface area contributed by atoms with Gasteiger partial charge in [0.05, 0.1) is 24.3 Å². The van der Waals surface area contributed by atoms with Crippen molar-refractivity contribution in [3.05, 3.63) is 53.6 Å². The maximum atomic E-state index is 11.9. The minimum absolute atomic E-state index is 0.0180. The van der Waals surface area contributed by atoms with Gasteiger partial charge in [-0.25, -0.2) is 5.43 Å². The van der Waals surface area contributed by atoms with E-state index in [1.54, 1.807) is 0 Å². The number of hydrogen-bond acceptors (Lipinski definition) is 6. The first kappa shape index (κ1) is 17.8. The summed E-state index contributed by atoms with van der Waals surface area (Å²) in [5, 5.41) is 31.3. The van der Waals surface area contributed by atoms with Crippen LogP contribution in [0.5, 0.6) is 11.5 Å². The summed E-state index contributed by atoms with van der Waals surface area (Å²) in [5.41, 5.74) is 4.10. The average molecular weight is 338 g/mol. The van der Waals surface area contributed by atoms with E-state index in [0.29, 0.717) is 13.0 Å². The fourth-order valence-corrected chi connectivity index (χ4v) is 2.10. The molecule has 0 atom stereocenters. The monoisotopic (exact) mass is 338 g/mol. The van der Waals surface area contributed by atoms with Crippen LogP contribution in [0.1, 0.15) is 22.3 Å². The van der Waals surface area contributed by atoms with E-state index in [1.807, 2.05) is 36.2 Å². The van der Waals surface area contributed by atoms with Crippen molar-refractivity contribution >= 4 is 17.8 Å². The van der Waals surface area contributed by atoms with Crippen LogP contribution < -0.4 is 10.3 Å². The summed E-state index contributed by atoms with van der Waals surface area (Å²) in [5.74, 6) is -1.03. The predicted molar refractivity (Wildman–Crippen MR) is 94.8 cm³/mol. The fourth-order valence-electron chi connectivity index (χ4n) is 2.10. The Morgan fingerprint density at radius 3 is 2.64 bits per heavy atom. The van der Waals surface area contributed by atoms with Crippen molar-refractivity contribution in [3.63, 3.8) is 0 Å².